The van der Waals surface area contributed by atoms with Gasteiger partial charge in [0.1, 0.15) is 11.6 Å². The predicted molar refractivity (Wildman–Crippen MR) is 146 cm³/mol. The average molecular weight is 483 g/mol. The number of benzene rings is 1. The summed E-state index contributed by atoms with van der Waals surface area (Å²) in [6.07, 6.45) is 11.4. The van der Waals surface area contributed by atoms with Crippen molar-refractivity contribution in [2.75, 3.05) is 0 Å². The van der Waals surface area contributed by atoms with E-state index in [1.54, 1.807) is 0 Å². The normalized spacial score (nSPS) is 17.7. The van der Waals surface area contributed by atoms with Gasteiger partial charge in [0.2, 0.25) is 0 Å². The lowest BCUT2D eigenvalue weighted by Crippen LogP contribution is -2.30. The Morgan fingerprint density at radius 3 is 2.34 bits per heavy atom. The van der Waals surface area contributed by atoms with Crippen LogP contribution in [0.1, 0.15) is 139 Å². The molecule has 1 aliphatic rings. The lowest BCUT2D eigenvalue weighted by Gasteiger charge is -2.34. The minimum atomic E-state index is -0.0760. The monoisotopic (exact) mass is 482 g/mol. The van der Waals surface area contributed by atoms with Crippen molar-refractivity contribution in [3.8, 4) is 0 Å². The van der Waals surface area contributed by atoms with Crippen molar-refractivity contribution in [1.82, 2.24) is 0 Å². The Morgan fingerprint density at radius 2 is 1.74 bits per heavy atom. The zero-order chi connectivity index (χ0) is 26.2. The van der Waals surface area contributed by atoms with Gasteiger partial charge in [-0.15, -0.1) is 0 Å². The van der Waals surface area contributed by atoms with Crippen LogP contribution in [0.4, 0.5) is 0 Å². The van der Waals surface area contributed by atoms with Crippen molar-refractivity contribution < 1.29 is 14.4 Å². The van der Waals surface area contributed by atoms with E-state index < -0.39 is 0 Å². The number of unbranched alkanes of at least 4 members (excludes halogenated alkanes) is 3. The number of Topliss-reactive ketones (excluding diaryl/α,β-unsaturated/α-hetero) is 3. The van der Waals surface area contributed by atoms with Crippen LogP contribution in [0, 0.1) is 24.7 Å². The van der Waals surface area contributed by atoms with Gasteiger partial charge in [-0.25, -0.2) is 0 Å². The van der Waals surface area contributed by atoms with Crippen LogP contribution in [0.3, 0.4) is 0 Å². The second kappa shape index (κ2) is 13.5. The van der Waals surface area contributed by atoms with Crippen LogP contribution in [0.5, 0.6) is 0 Å². The maximum absolute atomic E-state index is 13.4. The standard InChI is InChI=1S/C32H50O3/c1-8-11-12-13-17-32(6,7)28-16-15-26-20-24(21-30(35)31(26)23(28)5)19-25(14-9-2)27(10-3)29(34)18-22(4)33/h15-16,24-25,27H,8-14,17-21H2,1-7H3. The van der Waals surface area contributed by atoms with Crippen molar-refractivity contribution in [2.24, 2.45) is 17.8 Å². The van der Waals surface area contributed by atoms with Gasteiger partial charge in [-0.1, -0.05) is 85.3 Å². The van der Waals surface area contributed by atoms with Gasteiger partial charge in [0.25, 0.3) is 0 Å². The minimum Gasteiger partial charge on any atom is -0.300 e. The second-order valence-corrected chi connectivity index (χ2v) is 11.8. The van der Waals surface area contributed by atoms with Crippen LogP contribution in [0.2, 0.25) is 0 Å². The Bertz CT molecular complexity index is 879. The highest BCUT2D eigenvalue weighted by Crippen LogP contribution is 2.40. The van der Waals surface area contributed by atoms with Gasteiger partial charge >= 0.3 is 0 Å². The van der Waals surface area contributed by atoms with E-state index >= 15 is 0 Å². The molecule has 196 valence electrons. The Balaban J connectivity index is 2.21. The first-order valence-electron chi connectivity index (χ1n) is 14.2. The lowest BCUT2D eigenvalue weighted by molar-refractivity contribution is -0.129. The first-order valence-corrected chi connectivity index (χ1v) is 14.2. The topological polar surface area (TPSA) is 51.2 Å². The van der Waals surface area contributed by atoms with Crippen LogP contribution in [0.25, 0.3) is 0 Å². The molecule has 1 aromatic carbocycles. The molecule has 0 aliphatic heterocycles. The maximum Gasteiger partial charge on any atom is 0.163 e. The van der Waals surface area contributed by atoms with E-state index in [0.717, 1.165) is 44.1 Å². The highest BCUT2D eigenvalue weighted by molar-refractivity contribution is 6.00. The number of ketones is 3. The molecule has 0 heterocycles. The molecule has 35 heavy (non-hydrogen) atoms. The number of hydrogen-bond donors (Lipinski definition) is 0. The van der Waals surface area contributed by atoms with Gasteiger partial charge in [-0.2, -0.15) is 0 Å². The van der Waals surface area contributed by atoms with Gasteiger partial charge in [-0.3, -0.25) is 14.4 Å². The highest BCUT2D eigenvalue weighted by Gasteiger charge is 2.34. The van der Waals surface area contributed by atoms with Crippen molar-refractivity contribution in [2.45, 2.75) is 131 Å². The van der Waals surface area contributed by atoms with Crippen LogP contribution >= 0.6 is 0 Å². The molecule has 0 fully saturated rings. The van der Waals surface area contributed by atoms with E-state index in [4.69, 9.17) is 0 Å². The third-order valence-electron chi connectivity index (χ3n) is 8.34. The molecule has 0 bridgehead atoms. The summed E-state index contributed by atoms with van der Waals surface area (Å²) in [5.41, 5.74) is 4.73. The van der Waals surface area contributed by atoms with E-state index in [1.807, 2.05) is 0 Å². The largest absolute Gasteiger partial charge is 0.300 e. The van der Waals surface area contributed by atoms with Crippen molar-refractivity contribution in [3.63, 3.8) is 0 Å². The van der Waals surface area contributed by atoms with Crippen LogP contribution < -0.4 is 0 Å². The van der Waals surface area contributed by atoms with E-state index in [-0.39, 0.29) is 46.9 Å². The molecule has 0 N–H and O–H groups in total. The molecule has 0 spiro atoms. The van der Waals surface area contributed by atoms with Gasteiger partial charge in [0.15, 0.2) is 5.78 Å². The number of fused-ring (bicyclic) bond motifs is 1. The molecular formula is C32H50O3. The summed E-state index contributed by atoms with van der Waals surface area (Å²) in [4.78, 5) is 37.8. The molecule has 1 aromatic rings. The quantitative estimate of drug-likeness (QED) is 0.186. The summed E-state index contributed by atoms with van der Waals surface area (Å²) in [5, 5.41) is 0. The summed E-state index contributed by atoms with van der Waals surface area (Å²) in [5.74, 6) is 0.757. The molecule has 2 rings (SSSR count). The van der Waals surface area contributed by atoms with Crippen LogP contribution in [-0.2, 0) is 21.4 Å². The highest BCUT2D eigenvalue weighted by atomic mass is 16.1. The fraction of sp³-hybridized carbons (Fsp3) is 0.719. The van der Waals surface area contributed by atoms with Crippen molar-refractivity contribution >= 4 is 17.3 Å². The van der Waals surface area contributed by atoms with Crippen LogP contribution in [0.15, 0.2) is 12.1 Å². The summed E-state index contributed by atoms with van der Waals surface area (Å²) >= 11 is 0. The molecule has 0 aromatic heterocycles. The van der Waals surface area contributed by atoms with Crippen LogP contribution in [-0.4, -0.2) is 17.3 Å². The summed E-state index contributed by atoms with van der Waals surface area (Å²) in [6, 6.07) is 4.49. The zero-order valence-electron chi connectivity index (χ0n) is 23.6. The van der Waals surface area contributed by atoms with Gasteiger partial charge < -0.3 is 0 Å². The Labute approximate surface area is 214 Å². The maximum atomic E-state index is 13.4. The molecule has 3 heteroatoms. The fourth-order valence-electron chi connectivity index (χ4n) is 6.58. The second-order valence-electron chi connectivity index (χ2n) is 11.8. The van der Waals surface area contributed by atoms with Gasteiger partial charge in [0.05, 0.1) is 6.42 Å². The van der Waals surface area contributed by atoms with Gasteiger partial charge in [0, 0.05) is 17.9 Å². The predicted octanol–water partition coefficient (Wildman–Crippen LogP) is 8.37. The number of rotatable bonds is 15. The number of carbonyl (C=O) groups is 3. The molecule has 0 saturated carbocycles. The average Bonchev–Trinajstić information content (AvgIpc) is 2.76. The summed E-state index contributed by atoms with van der Waals surface area (Å²) < 4.78 is 0. The van der Waals surface area contributed by atoms with Crippen molar-refractivity contribution in [1.29, 1.82) is 0 Å². The first kappa shape index (κ1) is 29.5. The Hall–Kier alpha value is -1.77. The minimum absolute atomic E-state index is 0.0430. The third kappa shape index (κ3) is 7.86. The van der Waals surface area contributed by atoms with E-state index in [9.17, 15) is 14.4 Å². The molecule has 0 radical (unpaired) electrons. The Morgan fingerprint density at radius 1 is 1.03 bits per heavy atom. The molecule has 0 saturated heterocycles. The molecule has 1 aliphatic carbocycles. The summed E-state index contributed by atoms with van der Waals surface area (Å²) in [7, 11) is 0. The lowest BCUT2D eigenvalue weighted by atomic mass is 9.70. The van der Waals surface area contributed by atoms with E-state index in [2.05, 4.69) is 53.7 Å². The van der Waals surface area contributed by atoms with E-state index in [0.29, 0.717) is 6.42 Å². The molecule has 3 unspecified atom stereocenters. The SMILES string of the molecule is CCCCCCC(C)(C)c1ccc2c(c1C)C(=O)CC(CC(CCC)C(CC)C(=O)CC(C)=O)C2. The smallest absolute Gasteiger partial charge is 0.163 e. The fourth-order valence-corrected chi connectivity index (χ4v) is 6.58. The molecule has 3 nitrogen and oxygen atoms in total. The van der Waals surface area contributed by atoms with Gasteiger partial charge in [-0.05, 0) is 73.5 Å². The molecule has 3 atom stereocenters. The molecular weight excluding hydrogens is 432 g/mol. The first-order chi connectivity index (χ1) is 16.5. The zero-order valence-corrected chi connectivity index (χ0v) is 23.6. The molecule has 0 amide bonds. The summed E-state index contributed by atoms with van der Waals surface area (Å²) in [6.45, 7) is 14.7. The third-order valence-corrected chi connectivity index (χ3v) is 8.34. The Kier molecular flexibility index (Phi) is 11.4. The van der Waals surface area contributed by atoms with E-state index in [1.165, 1.54) is 49.3 Å². The number of carbonyl (C=O) groups excluding carboxylic acids is 3. The van der Waals surface area contributed by atoms with Crippen molar-refractivity contribution in [3.05, 3.63) is 34.4 Å². The number of hydrogen-bond acceptors (Lipinski definition) is 3.